The molecule has 3 fully saturated rings. The summed E-state index contributed by atoms with van der Waals surface area (Å²) >= 11 is 11.7. The van der Waals surface area contributed by atoms with Gasteiger partial charge >= 0.3 is 0 Å². The quantitative estimate of drug-likeness (QED) is 0.307. The molecule has 5 N–H and O–H groups in total. The number of nitrogens with zero attached hydrogens (tertiary/aromatic N) is 1. The predicted octanol–water partition coefficient (Wildman–Crippen LogP) is 4.29. The van der Waals surface area contributed by atoms with Crippen LogP contribution in [0.4, 0.5) is 0 Å². The van der Waals surface area contributed by atoms with Gasteiger partial charge in [-0.1, -0.05) is 72.6 Å². The van der Waals surface area contributed by atoms with Gasteiger partial charge < -0.3 is 31.0 Å². The van der Waals surface area contributed by atoms with E-state index in [1.165, 1.54) is 22.7 Å². The fourth-order valence-electron chi connectivity index (χ4n) is 5.39. The summed E-state index contributed by atoms with van der Waals surface area (Å²) in [6.07, 6.45) is 2.37. The molecule has 50 heavy (non-hydrogen) atoms. The van der Waals surface area contributed by atoms with Gasteiger partial charge in [-0.05, 0) is 80.1 Å². The molecule has 0 saturated carbocycles. The van der Waals surface area contributed by atoms with Crippen LogP contribution in [0, 0.1) is 6.92 Å². The molecule has 0 bridgehead atoms. The summed E-state index contributed by atoms with van der Waals surface area (Å²) in [6, 6.07) is 21.3. The molecule has 3 heterocycles. The molecule has 3 aromatic rings. The molecule has 3 saturated heterocycles. The molecular formula is C36H48Cl2N4O7S. The lowest BCUT2D eigenvalue weighted by atomic mass is 10.1. The Hall–Kier alpha value is -3.07. The molecule has 0 spiro atoms. The van der Waals surface area contributed by atoms with Crippen molar-refractivity contribution in [1.82, 2.24) is 9.62 Å². The van der Waals surface area contributed by atoms with Crippen LogP contribution >= 0.6 is 23.2 Å². The molecule has 2 amide bonds. The first-order chi connectivity index (χ1) is 23.4. The summed E-state index contributed by atoms with van der Waals surface area (Å²) in [6.45, 7) is 4.84. The maximum absolute atomic E-state index is 13.2. The van der Waals surface area contributed by atoms with Gasteiger partial charge in [-0.2, -0.15) is 4.31 Å². The summed E-state index contributed by atoms with van der Waals surface area (Å²) in [5, 5.41) is 4.59. The Morgan fingerprint density at radius 3 is 1.78 bits per heavy atom. The number of ether oxygens (including phenoxy) is 3. The van der Waals surface area contributed by atoms with Crippen molar-refractivity contribution in [3.05, 3.63) is 99.5 Å². The first kappa shape index (κ1) is 41.4. The number of hydrogen-bond acceptors (Lipinski definition) is 8. The van der Waals surface area contributed by atoms with E-state index in [9.17, 15) is 18.0 Å². The van der Waals surface area contributed by atoms with Crippen LogP contribution in [0.25, 0.3) is 0 Å². The van der Waals surface area contributed by atoms with Crippen molar-refractivity contribution >= 4 is 45.0 Å². The van der Waals surface area contributed by atoms with Gasteiger partial charge in [0, 0.05) is 42.4 Å². The summed E-state index contributed by atoms with van der Waals surface area (Å²) < 4.78 is 43.6. The second-order valence-electron chi connectivity index (χ2n) is 12.1. The zero-order valence-corrected chi connectivity index (χ0v) is 29.8. The lowest BCUT2D eigenvalue weighted by Crippen LogP contribution is -2.56. The highest BCUT2D eigenvalue weighted by Gasteiger charge is 2.39. The minimum atomic E-state index is -3.80. The van der Waals surface area contributed by atoms with E-state index in [2.05, 4.69) is 5.32 Å². The normalized spacial score (nSPS) is 22.1. The van der Waals surface area contributed by atoms with Gasteiger partial charge in [-0.3, -0.25) is 9.59 Å². The van der Waals surface area contributed by atoms with Crippen LogP contribution in [0.1, 0.15) is 37.0 Å². The standard InChI is InChI=1S/C19H21ClN2O4S.C12H15ClN2O2.C4H8O.CH4/c1-13-2-8-17(9-3-13)27(24,25)22-11-18(19(21)23)26-12-16(22)10-14-4-6-15(20)7-5-14;13-9-3-1-8(2-4-9)5-10-7-17-11(6-15-10)12(14)16;1-2-4-5-3-1;/h2-9,16,18H,10-12H2,1H3,(H2,21,23);1-4,10-11,15H,5-7H2,(H2,14,16);1-4H2;1H4/t16?,18-;10?,11-;;/m00../s1. The van der Waals surface area contributed by atoms with E-state index in [0.717, 1.165) is 35.8 Å². The number of carbonyl (C=O) groups excluding carboxylic acids is 2. The van der Waals surface area contributed by atoms with Gasteiger partial charge in [0.2, 0.25) is 21.8 Å². The molecule has 3 aromatic carbocycles. The van der Waals surface area contributed by atoms with Crippen molar-refractivity contribution in [1.29, 1.82) is 0 Å². The van der Waals surface area contributed by atoms with E-state index in [1.807, 2.05) is 43.3 Å². The zero-order valence-electron chi connectivity index (χ0n) is 27.4. The predicted molar refractivity (Wildman–Crippen MR) is 196 cm³/mol. The van der Waals surface area contributed by atoms with Crippen molar-refractivity contribution in [2.24, 2.45) is 11.5 Å². The number of hydrogen-bond donors (Lipinski definition) is 3. The second-order valence-corrected chi connectivity index (χ2v) is 14.8. The van der Waals surface area contributed by atoms with E-state index >= 15 is 0 Å². The van der Waals surface area contributed by atoms with E-state index in [-0.39, 0.29) is 31.5 Å². The second kappa shape index (κ2) is 20.1. The minimum Gasteiger partial charge on any atom is -0.381 e. The van der Waals surface area contributed by atoms with E-state index in [4.69, 9.17) is 48.9 Å². The first-order valence-electron chi connectivity index (χ1n) is 16.1. The molecule has 0 aliphatic carbocycles. The number of benzene rings is 3. The van der Waals surface area contributed by atoms with Crippen LogP contribution in [-0.2, 0) is 46.7 Å². The van der Waals surface area contributed by atoms with Crippen LogP contribution in [-0.4, -0.2) is 88.3 Å². The molecule has 2 unspecified atom stereocenters. The van der Waals surface area contributed by atoms with Crippen molar-refractivity contribution in [3.63, 3.8) is 0 Å². The molecule has 4 atom stereocenters. The summed E-state index contributed by atoms with van der Waals surface area (Å²) in [5.41, 5.74) is 13.6. The average molecular weight is 752 g/mol. The first-order valence-corrected chi connectivity index (χ1v) is 18.3. The smallest absolute Gasteiger partial charge is 0.247 e. The zero-order chi connectivity index (χ0) is 35.4. The number of nitrogens with two attached hydrogens (primary N) is 2. The number of rotatable bonds is 8. The van der Waals surface area contributed by atoms with Crippen LogP contribution in [0.5, 0.6) is 0 Å². The molecule has 6 rings (SSSR count). The average Bonchev–Trinajstić information content (AvgIpc) is 3.68. The maximum atomic E-state index is 13.2. The lowest BCUT2D eigenvalue weighted by molar-refractivity contribution is -0.135. The van der Waals surface area contributed by atoms with Gasteiger partial charge in [-0.25, -0.2) is 8.42 Å². The number of amides is 2. The monoisotopic (exact) mass is 750 g/mol. The van der Waals surface area contributed by atoms with Crippen LogP contribution in [0.15, 0.2) is 77.7 Å². The van der Waals surface area contributed by atoms with Crippen molar-refractivity contribution in [2.45, 2.75) is 69.2 Å². The number of aryl methyl sites for hydroxylation is 1. The van der Waals surface area contributed by atoms with Crippen LogP contribution < -0.4 is 16.8 Å². The summed E-state index contributed by atoms with van der Waals surface area (Å²) in [7, 11) is -3.80. The maximum Gasteiger partial charge on any atom is 0.247 e. The van der Waals surface area contributed by atoms with E-state index in [0.29, 0.717) is 24.6 Å². The molecule has 3 aliphatic heterocycles. The number of nitrogens with one attached hydrogen (secondary N) is 1. The molecule has 0 radical (unpaired) electrons. The van der Waals surface area contributed by atoms with E-state index in [1.54, 1.807) is 36.4 Å². The summed E-state index contributed by atoms with van der Waals surface area (Å²) in [4.78, 5) is 22.7. The molecule has 3 aliphatic rings. The number of carbonyl (C=O) groups is 2. The van der Waals surface area contributed by atoms with Crippen molar-refractivity contribution in [2.75, 3.05) is 39.5 Å². The molecule has 11 nitrogen and oxygen atoms in total. The highest BCUT2D eigenvalue weighted by atomic mass is 35.5. The van der Waals surface area contributed by atoms with Crippen molar-refractivity contribution < 1.29 is 32.2 Å². The molecule has 0 aromatic heterocycles. The Balaban J connectivity index is 0.000000249. The van der Waals surface area contributed by atoms with Crippen LogP contribution in [0.2, 0.25) is 10.0 Å². The van der Waals surface area contributed by atoms with Gasteiger partial charge in [0.15, 0.2) is 0 Å². The van der Waals surface area contributed by atoms with Gasteiger partial charge in [0.1, 0.15) is 12.2 Å². The van der Waals surface area contributed by atoms with Crippen LogP contribution in [0.3, 0.4) is 0 Å². The fourth-order valence-corrected chi connectivity index (χ4v) is 7.26. The third kappa shape index (κ3) is 12.6. The third-order valence-electron chi connectivity index (χ3n) is 8.20. The topological polar surface area (TPSA) is 163 Å². The largest absolute Gasteiger partial charge is 0.381 e. The number of sulfonamides is 1. The Bertz CT molecular complexity index is 1590. The lowest BCUT2D eigenvalue weighted by Gasteiger charge is -2.37. The Morgan fingerprint density at radius 1 is 0.800 bits per heavy atom. The Kier molecular flexibility index (Phi) is 16.6. The van der Waals surface area contributed by atoms with Gasteiger partial charge in [-0.15, -0.1) is 0 Å². The van der Waals surface area contributed by atoms with E-state index < -0.39 is 40.1 Å². The SMILES string of the molecule is C.C1CCOC1.Cc1ccc(S(=O)(=O)N2C[C@@H](C(N)=O)OCC2Cc2ccc(Cl)cc2)cc1.NC(=O)[C@@H]1CNC(Cc2ccc(Cl)cc2)CO1. The Morgan fingerprint density at radius 2 is 1.32 bits per heavy atom. The Labute approximate surface area is 305 Å². The van der Waals surface area contributed by atoms with Gasteiger partial charge in [0.25, 0.3) is 0 Å². The molecule has 274 valence electrons. The highest BCUT2D eigenvalue weighted by Crippen LogP contribution is 2.26. The highest BCUT2D eigenvalue weighted by molar-refractivity contribution is 7.89. The third-order valence-corrected chi connectivity index (χ3v) is 10.6. The number of halogens is 2. The molecular weight excluding hydrogens is 703 g/mol. The van der Waals surface area contributed by atoms with Crippen molar-refractivity contribution in [3.8, 4) is 0 Å². The number of primary amides is 2. The fraction of sp³-hybridized carbons (Fsp3) is 0.444. The minimum absolute atomic E-state index is 0. The summed E-state index contributed by atoms with van der Waals surface area (Å²) in [5.74, 6) is -1.09. The molecule has 14 heteroatoms. The number of morpholine rings is 2. The van der Waals surface area contributed by atoms with Gasteiger partial charge in [0.05, 0.1) is 24.2 Å².